The van der Waals surface area contributed by atoms with Gasteiger partial charge in [-0.25, -0.2) is 4.98 Å². The summed E-state index contributed by atoms with van der Waals surface area (Å²) in [6, 6.07) is 4.71. The van der Waals surface area contributed by atoms with Crippen molar-refractivity contribution in [2.24, 2.45) is 5.73 Å². The highest BCUT2D eigenvalue weighted by Gasteiger charge is 2.27. The molecule has 0 bridgehead atoms. The molecular weight excluding hydrogens is 292 g/mol. The maximum atomic E-state index is 5.66. The maximum Gasteiger partial charge on any atom is 0.0795 e. The smallest absolute Gasteiger partial charge is 0.0795 e. The van der Waals surface area contributed by atoms with Crippen molar-refractivity contribution in [1.82, 2.24) is 14.9 Å². The van der Waals surface area contributed by atoms with Gasteiger partial charge in [-0.05, 0) is 56.8 Å². The monoisotopic (exact) mass is 316 g/mol. The van der Waals surface area contributed by atoms with Gasteiger partial charge >= 0.3 is 0 Å². The van der Waals surface area contributed by atoms with Crippen LogP contribution in [0.5, 0.6) is 0 Å². The average Bonchev–Trinajstić information content (AvgIpc) is 3.07. The minimum Gasteiger partial charge on any atom is -0.330 e. The Balaban J connectivity index is 1.79. The standard InChI is InChI=1S/C17H24N4S/c18-8-1-2-10-21(11-15-12-22-13-20-15)16-7-3-5-14-6-4-9-19-17(14)16/h4,6,9,12-13,16H,1-3,5,7-8,10-11,18H2. The Hall–Kier alpha value is -1.30. The van der Waals surface area contributed by atoms with Crippen LogP contribution in [0.15, 0.2) is 29.2 Å². The second kappa shape index (κ2) is 7.81. The third-order valence-electron chi connectivity index (χ3n) is 4.35. The minimum absolute atomic E-state index is 0.421. The highest BCUT2D eigenvalue weighted by atomic mass is 32.1. The molecule has 4 nitrogen and oxygen atoms in total. The van der Waals surface area contributed by atoms with Crippen LogP contribution < -0.4 is 5.73 Å². The molecule has 2 aromatic rings. The van der Waals surface area contributed by atoms with Crippen LogP contribution in [-0.4, -0.2) is 28.0 Å². The molecule has 1 atom stereocenters. The van der Waals surface area contributed by atoms with Crippen LogP contribution in [-0.2, 0) is 13.0 Å². The van der Waals surface area contributed by atoms with Crippen molar-refractivity contribution in [1.29, 1.82) is 0 Å². The Morgan fingerprint density at radius 2 is 2.27 bits per heavy atom. The summed E-state index contributed by atoms with van der Waals surface area (Å²) in [4.78, 5) is 11.7. The Labute approximate surface area is 136 Å². The van der Waals surface area contributed by atoms with Gasteiger partial charge in [-0.2, -0.15) is 0 Å². The van der Waals surface area contributed by atoms with E-state index in [0.29, 0.717) is 6.04 Å². The van der Waals surface area contributed by atoms with Crippen molar-refractivity contribution in [3.63, 3.8) is 0 Å². The van der Waals surface area contributed by atoms with E-state index in [1.54, 1.807) is 11.3 Å². The van der Waals surface area contributed by atoms with Crippen molar-refractivity contribution in [2.45, 2.75) is 44.7 Å². The Morgan fingerprint density at radius 1 is 1.32 bits per heavy atom. The molecular formula is C17H24N4S. The topological polar surface area (TPSA) is 55.0 Å². The molecule has 0 spiro atoms. The van der Waals surface area contributed by atoms with Crippen LogP contribution in [0.2, 0.25) is 0 Å². The molecule has 2 aromatic heterocycles. The van der Waals surface area contributed by atoms with Crippen molar-refractivity contribution >= 4 is 11.3 Å². The second-order valence-corrected chi connectivity index (χ2v) is 6.62. The summed E-state index contributed by atoms with van der Waals surface area (Å²) < 4.78 is 0. The lowest BCUT2D eigenvalue weighted by atomic mass is 9.90. The van der Waals surface area contributed by atoms with E-state index in [-0.39, 0.29) is 0 Å². The van der Waals surface area contributed by atoms with Gasteiger partial charge in [-0.1, -0.05) is 6.07 Å². The maximum absolute atomic E-state index is 5.66. The lowest BCUT2D eigenvalue weighted by Crippen LogP contribution is -2.33. The van der Waals surface area contributed by atoms with E-state index in [2.05, 4.69) is 27.4 Å². The summed E-state index contributed by atoms with van der Waals surface area (Å²) in [5.74, 6) is 0. The van der Waals surface area contributed by atoms with Crippen molar-refractivity contribution < 1.29 is 0 Å². The van der Waals surface area contributed by atoms with E-state index in [9.17, 15) is 0 Å². The first-order valence-electron chi connectivity index (χ1n) is 8.13. The molecule has 2 heterocycles. The second-order valence-electron chi connectivity index (χ2n) is 5.90. The fourth-order valence-corrected chi connectivity index (χ4v) is 3.82. The summed E-state index contributed by atoms with van der Waals surface area (Å²) in [5, 5.41) is 2.15. The number of aromatic nitrogens is 2. The highest BCUT2D eigenvalue weighted by molar-refractivity contribution is 7.07. The molecule has 5 heteroatoms. The molecule has 22 heavy (non-hydrogen) atoms. The van der Waals surface area contributed by atoms with Crippen LogP contribution >= 0.6 is 11.3 Å². The molecule has 1 aliphatic carbocycles. The summed E-state index contributed by atoms with van der Waals surface area (Å²) in [6.45, 7) is 2.74. The Morgan fingerprint density at radius 3 is 3.09 bits per heavy atom. The molecule has 0 saturated heterocycles. The number of rotatable bonds is 7. The lowest BCUT2D eigenvalue weighted by Gasteiger charge is -2.34. The van der Waals surface area contributed by atoms with Gasteiger partial charge in [0.2, 0.25) is 0 Å². The molecule has 3 rings (SSSR count). The summed E-state index contributed by atoms with van der Waals surface area (Å²) >= 11 is 1.67. The van der Waals surface area contributed by atoms with Crippen molar-refractivity contribution in [2.75, 3.05) is 13.1 Å². The van der Waals surface area contributed by atoms with Gasteiger partial charge in [-0.15, -0.1) is 11.3 Å². The molecule has 0 aliphatic heterocycles. The number of fused-ring (bicyclic) bond motifs is 1. The first kappa shape index (κ1) is 15.6. The molecule has 0 amide bonds. The van der Waals surface area contributed by atoms with E-state index in [4.69, 9.17) is 10.7 Å². The predicted octanol–water partition coefficient (Wildman–Crippen LogP) is 3.16. The van der Waals surface area contributed by atoms with Gasteiger partial charge in [0.1, 0.15) is 0 Å². The zero-order valence-corrected chi connectivity index (χ0v) is 13.8. The number of pyridine rings is 1. The van der Waals surface area contributed by atoms with Gasteiger partial charge < -0.3 is 5.73 Å². The van der Waals surface area contributed by atoms with E-state index in [0.717, 1.165) is 38.9 Å². The number of hydrogen-bond acceptors (Lipinski definition) is 5. The van der Waals surface area contributed by atoms with E-state index >= 15 is 0 Å². The molecule has 0 saturated carbocycles. The van der Waals surface area contributed by atoms with Crippen LogP contribution in [0.4, 0.5) is 0 Å². The van der Waals surface area contributed by atoms with Crippen LogP contribution in [0.25, 0.3) is 0 Å². The highest BCUT2D eigenvalue weighted by Crippen LogP contribution is 2.33. The van der Waals surface area contributed by atoms with E-state index in [1.165, 1.54) is 29.8 Å². The van der Waals surface area contributed by atoms with E-state index in [1.807, 2.05) is 11.7 Å². The zero-order chi connectivity index (χ0) is 15.2. The predicted molar refractivity (Wildman–Crippen MR) is 90.7 cm³/mol. The fraction of sp³-hybridized carbons (Fsp3) is 0.529. The average molecular weight is 316 g/mol. The Kier molecular flexibility index (Phi) is 5.53. The van der Waals surface area contributed by atoms with Gasteiger partial charge in [-0.3, -0.25) is 9.88 Å². The van der Waals surface area contributed by atoms with Gasteiger partial charge in [0, 0.05) is 18.1 Å². The number of thiazole rings is 1. The van der Waals surface area contributed by atoms with E-state index < -0.39 is 0 Å². The molecule has 0 aromatic carbocycles. The van der Waals surface area contributed by atoms with Crippen molar-refractivity contribution in [3.05, 3.63) is 46.2 Å². The minimum atomic E-state index is 0.421. The van der Waals surface area contributed by atoms with Gasteiger partial charge in [0.25, 0.3) is 0 Å². The number of hydrogen-bond donors (Lipinski definition) is 1. The lowest BCUT2D eigenvalue weighted by molar-refractivity contribution is 0.161. The largest absolute Gasteiger partial charge is 0.330 e. The zero-order valence-electron chi connectivity index (χ0n) is 12.9. The van der Waals surface area contributed by atoms with Crippen LogP contribution in [0.1, 0.15) is 48.7 Å². The van der Waals surface area contributed by atoms with Crippen molar-refractivity contribution in [3.8, 4) is 0 Å². The third-order valence-corrected chi connectivity index (χ3v) is 4.99. The molecule has 118 valence electrons. The first-order chi connectivity index (χ1) is 10.9. The third kappa shape index (κ3) is 3.72. The molecule has 0 fully saturated rings. The van der Waals surface area contributed by atoms with Gasteiger partial charge in [0.15, 0.2) is 0 Å². The quantitative estimate of drug-likeness (QED) is 0.797. The number of unbranched alkanes of at least 4 members (excludes halogenated alkanes) is 1. The van der Waals surface area contributed by atoms with Gasteiger partial charge in [0.05, 0.1) is 22.9 Å². The summed E-state index contributed by atoms with van der Waals surface area (Å²) in [7, 11) is 0. The van der Waals surface area contributed by atoms with Crippen LogP contribution in [0.3, 0.4) is 0 Å². The normalized spacial score (nSPS) is 17.6. The summed E-state index contributed by atoms with van der Waals surface area (Å²) in [5.41, 5.74) is 11.4. The van der Waals surface area contributed by atoms with Crippen LogP contribution in [0, 0.1) is 0 Å². The fourth-order valence-electron chi connectivity index (χ4n) is 3.27. The number of nitrogens with two attached hydrogens (primary N) is 1. The first-order valence-corrected chi connectivity index (χ1v) is 9.07. The summed E-state index contributed by atoms with van der Waals surface area (Å²) in [6.07, 6.45) is 7.74. The molecule has 2 N–H and O–H groups in total. The molecule has 0 radical (unpaired) electrons. The molecule has 1 unspecified atom stereocenters. The SMILES string of the molecule is NCCCCN(Cc1cscn1)C1CCCc2cccnc21. The molecule has 1 aliphatic rings. The number of aryl methyl sites for hydroxylation is 1. The Bertz CT molecular complexity index is 570. The number of nitrogens with zero attached hydrogens (tertiary/aromatic N) is 3.